The minimum Gasteiger partial charge on any atom is -0.489 e. The summed E-state index contributed by atoms with van der Waals surface area (Å²) in [6.45, 7) is 1.14. The molecule has 5 aromatic rings. The lowest BCUT2D eigenvalue weighted by atomic mass is 10.1. The molecule has 0 unspecified atom stereocenters. The maximum atomic E-state index is 13.5. The molecule has 0 atom stereocenters. The molecule has 0 fully saturated rings. The molecule has 0 aliphatic rings. The summed E-state index contributed by atoms with van der Waals surface area (Å²) < 4.78 is 21.7. The zero-order chi connectivity index (χ0) is 24.9. The Labute approximate surface area is 209 Å². The molecule has 0 saturated carbocycles. The molecule has 1 heterocycles. The van der Waals surface area contributed by atoms with Gasteiger partial charge in [0.05, 0.1) is 0 Å². The Kier molecular flexibility index (Phi) is 6.80. The standard InChI is InChI=1S/C31H26FNO3/c32-27-14-12-25(13-15-27)30-19-26-3-1-2-4-29(26)33(30)20-23-5-7-24(8-6-23)21-36-28-16-9-22(10-17-28)11-18-31(34)35/h1-10,12-17,19H,11,18,20-21H2,(H,34,35). The summed E-state index contributed by atoms with van der Waals surface area (Å²) in [5.41, 5.74) is 6.36. The van der Waals surface area contributed by atoms with Gasteiger partial charge in [0.1, 0.15) is 18.2 Å². The molecule has 0 bridgehead atoms. The van der Waals surface area contributed by atoms with Gasteiger partial charge in [-0.1, -0.05) is 54.6 Å². The predicted octanol–water partition coefficient (Wildman–Crippen LogP) is 7.09. The molecule has 1 aromatic heterocycles. The summed E-state index contributed by atoms with van der Waals surface area (Å²) in [6, 6.07) is 33.0. The van der Waals surface area contributed by atoms with Crippen LogP contribution in [0.4, 0.5) is 4.39 Å². The Bertz CT molecular complexity index is 1470. The number of benzene rings is 4. The number of hydrogen-bond acceptors (Lipinski definition) is 2. The number of carbonyl (C=O) groups is 1. The van der Waals surface area contributed by atoms with Crippen molar-refractivity contribution in [3.63, 3.8) is 0 Å². The van der Waals surface area contributed by atoms with Crippen LogP contribution in [0.3, 0.4) is 0 Å². The number of carboxylic acid groups (broad SMARTS) is 1. The number of aromatic nitrogens is 1. The van der Waals surface area contributed by atoms with Gasteiger partial charge in [-0.2, -0.15) is 0 Å². The molecule has 0 amide bonds. The number of fused-ring (bicyclic) bond motifs is 1. The van der Waals surface area contributed by atoms with Crippen molar-refractivity contribution in [2.45, 2.75) is 26.0 Å². The summed E-state index contributed by atoms with van der Waals surface area (Å²) in [5, 5.41) is 9.96. The molecule has 4 aromatic carbocycles. The van der Waals surface area contributed by atoms with Crippen LogP contribution in [-0.2, 0) is 24.4 Å². The first-order valence-electron chi connectivity index (χ1n) is 11.9. The zero-order valence-corrected chi connectivity index (χ0v) is 19.7. The first-order chi connectivity index (χ1) is 17.5. The van der Waals surface area contributed by atoms with Crippen LogP contribution in [0, 0.1) is 5.82 Å². The molecule has 4 nitrogen and oxygen atoms in total. The van der Waals surface area contributed by atoms with Crippen molar-refractivity contribution in [3.05, 3.63) is 126 Å². The van der Waals surface area contributed by atoms with Gasteiger partial charge in [-0.3, -0.25) is 4.79 Å². The number of nitrogens with zero attached hydrogens (tertiary/aromatic N) is 1. The van der Waals surface area contributed by atoms with Crippen LogP contribution in [0.1, 0.15) is 23.1 Å². The SMILES string of the molecule is O=C(O)CCc1ccc(OCc2ccc(Cn3c(-c4ccc(F)cc4)cc4ccccc43)cc2)cc1. The monoisotopic (exact) mass is 479 g/mol. The fraction of sp³-hybridized carbons (Fsp3) is 0.129. The Balaban J connectivity index is 1.28. The van der Waals surface area contributed by atoms with E-state index in [1.54, 1.807) is 0 Å². The average molecular weight is 480 g/mol. The third-order valence-corrected chi connectivity index (χ3v) is 6.27. The highest BCUT2D eigenvalue weighted by molar-refractivity contribution is 5.87. The number of aryl methyl sites for hydroxylation is 1. The van der Waals surface area contributed by atoms with Crippen LogP contribution in [-0.4, -0.2) is 15.6 Å². The van der Waals surface area contributed by atoms with E-state index < -0.39 is 5.97 Å². The third-order valence-electron chi connectivity index (χ3n) is 6.27. The molecule has 5 heteroatoms. The quantitative estimate of drug-likeness (QED) is 0.245. The van der Waals surface area contributed by atoms with Gasteiger partial charge in [0.2, 0.25) is 0 Å². The average Bonchev–Trinajstić information content (AvgIpc) is 3.26. The number of halogens is 1. The predicted molar refractivity (Wildman–Crippen MR) is 140 cm³/mol. The minimum absolute atomic E-state index is 0.122. The highest BCUT2D eigenvalue weighted by atomic mass is 19.1. The van der Waals surface area contributed by atoms with Crippen molar-refractivity contribution in [1.82, 2.24) is 4.57 Å². The third kappa shape index (κ3) is 5.47. The molecule has 0 radical (unpaired) electrons. The van der Waals surface area contributed by atoms with Gasteiger partial charge in [0, 0.05) is 29.6 Å². The van der Waals surface area contributed by atoms with Crippen molar-refractivity contribution < 1.29 is 19.0 Å². The number of aliphatic carboxylic acids is 1. The van der Waals surface area contributed by atoms with Crippen LogP contribution < -0.4 is 4.74 Å². The second-order valence-electron chi connectivity index (χ2n) is 8.82. The molecule has 180 valence electrons. The van der Waals surface area contributed by atoms with Gasteiger partial charge >= 0.3 is 5.97 Å². The number of carboxylic acids is 1. The van der Waals surface area contributed by atoms with Crippen LogP contribution in [0.15, 0.2) is 103 Å². The number of ether oxygens (including phenoxy) is 1. The maximum absolute atomic E-state index is 13.5. The Morgan fingerprint density at radius 3 is 2.19 bits per heavy atom. The molecule has 0 aliphatic carbocycles. The number of hydrogen-bond donors (Lipinski definition) is 1. The van der Waals surface area contributed by atoms with Gasteiger partial charge in [-0.25, -0.2) is 4.39 Å². The minimum atomic E-state index is -0.796. The molecule has 5 rings (SSSR count). The van der Waals surface area contributed by atoms with E-state index in [0.717, 1.165) is 44.6 Å². The van der Waals surface area contributed by atoms with Crippen molar-refractivity contribution >= 4 is 16.9 Å². The zero-order valence-electron chi connectivity index (χ0n) is 19.7. The molecular weight excluding hydrogens is 453 g/mol. The Morgan fingerprint density at radius 1 is 0.806 bits per heavy atom. The fourth-order valence-electron chi connectivity index (χ4n) is 4.33. The molecule has 0 spiro atoms. The summed E-state index contributed by atoms with van der Waals surface area (Å²) in [6.07, 6.45) is 0.632. The second kappa shape index (κ2) is 10.5. The lowest BCUT2D eigenvalue weighted by Crippen LogP contribution is -2.02. The van der Waals surface area contributed by atoms with E-state index in [2.05, 4.69) is 47.0 Å². The van der Waals surface area contributed by atoms with E-state index in [1.165, 1.54) is 12.1 Å². The summed E-state index contributed by atoms with van der Waals surface area (Å²) >= 11 is 0. The van der Waals surface area contributed by atoms with Crippen molar-refractivity contribution in [2.75, 3.05) is 0 Å². The first kappa shape index (κ1) is 23.4. The first-order valence-corrected chi connectivity index (χ1v) is 11.9. The Morgan fingerprint density at radius 2 is 1.47 bits per heavy atom. The highest BCUT2D eigenvalue weighted by Crippen LogP contribution is 2.29. The van der Waals surface area contributed by atoms with E-state index in [9.17, 15) is 9.18 Å². The molecular formula is C31H26FNO3. The second-order valence-corrected chi connectivity index (χ2v) is 8.82. The largest absolute Gasteiger partial charge is 0.489 e. The molecule has 0 saturated heterocycles. The molecule has 1 N–H and O–H groups in total. The number of rotatable bonds is 9. The van der Waals surface area contributed by atoms with Gasteiger partial charge in [-0.15, -0.1) is 0 Å². The lowest BCUT2D eigenvalue weighted by Gasteiger charge is -2.12. The van der Waals surface area contributed by atoms with Crippen LogP contribution in [0.5, 0.6) is 5.75 Å². The summed E-state index contributed by atoms with van der Waals surface area (Å²) in [4.78, 5) is 10.7. The van der Waals surface area contributed by atoms with Crippen molar-refractivity contribution in [2.24, 2.45) is 0 Å². The van der Waals surface area contributed by atoms with Crippen molar-refractivity contribution in [3.8, 4) is 17.0 Å². The normalized spacial score (nSPS) is 11.0. The van der Waals surface area contributed by atoms with Crippen molar-refractivity contribution in [1.29, 1.82) is 0 Å². The lowest BCUT2D eigenvalue weighted by molar-refractivity contribution is -0.136. The summed E-state index contributed by atoms with van der Waals surface area (Å²) in [7, 11) is 0. The molecule has 0 aliphatic heterocycles. The maximum Gasteiger partial charge on any atom is 0.303 e. The van der Waals surface area contributed by atoms with E-state index in [-0.39, 0.29) is 12.2 Å². The van der Waals surface area contributed by atoms with Crippen LogP contribution in [0.25, 0.3) is 22.2 Å². The van der Waals surface area contributed by atoms with Crippen LogP contribution in [0.2, 0.25) is 0 Å². The molecule has 36 heavy (non-hydrogen) atoms. The van der Waals surface area contributed by atoms with Gasteiger partial charge in [-0.05, 0) is 77.2 Å². The summed E-state index contributed by atoms with van der Waals surface area (Å²) in [5.74, 6) is -0.287. The van der Waals surface area contributed by atoms with E-state index in [4.69, 9.17) is 9.84 Å². The van der Waals surface area contributed by atoms with E-state index >= 15 is 0 Å². The van der Waals surface area contributed by atoms with E-state index in [1.807, 2.05) is 48.5 Å². The fourth-order valence-corrected chi connectivity index (χ4v) is 4.33. The Hall–Kier alpha value is -4.38. The topological polar surface area (TPSA) is 51.5 Å². The highest BCUT2D eigenvalue weighted by Gasteiger charge is 2.11. The van der Waals surface area contributed by atoms with E-state index in [0.29, 0.717) is 19.6 Å². The smallest absolute Gasteiger partial charge is 0.303 e. The van der Waals surface area contributed by atoms with Gasteiger partial charge in [0.25, 0.3) is 0 Å². The van der Waals surface area contributed by atoms with Gasteiger partial charge in [0.15, 0.2) is 0 Å². The number of para-hydroxylation sites is 1. The van der Waals surface area contributed by atoms with Crippen LogP contribution >= 0.6 is 0 Å². The van der Waals surface area contributed by atoms with Gasteiger partial charge < -0.3 is 14.4 Å².